The summed E-state index contributed by atoms with van der Waals surface area (Å²) in [6.07, 6.45) is 2.79. The Hall–Kier alpha value is -2.43. The highest BCUT2D eigenvalue weighted by molar-refractivity contribution is 6.02. The third-order valence-corrected chi connectivity index (χ3v) is 1.92. The summed E-state index contributed by atoms with van der Waals surface area (Å²) in [5, 5.41) is 11.8. The van der Waals surface area contributed by atoms with Gasteiger partial charge in [0.25, 0.3) is 5.91 Å². The number of amides is 1. The first-order chi connectivity index (χ1) is 7.75. The van der Waals surface area contributed by atoms with Crippen molar-refractivity contribution in [3.05, 3.63) is 48.5 Å². The molecule has 0 aliphatic heterocycles. The van der Waals surface area contributed by atoms with Crippen molar-refractivity contribution in [2.45, 2.75) is 0 Å². The van der Waals surface area contributed by atoms with Crippen LogP contribution < -0.4 is 5.32 Å². The molecule has 0 atom stereocenters. The summed E-state index contributed by atoms with van der Waals surface area (Å²) in [6, 6.07) is 7.82. The Morgan fingerprint density at radius 3 is 2.88 bits per heavy atom. The third kappa shape index (κ3) is 2.33. The van der Waals surface area contributed by atoms with Crippen LogP contribution in [-0.2, 0) is 0 Å². The average molecular weight is 215 g/mol. The van der Waals surface area contributed by atoms with E-state index >= 15 is 0 Å². The summed E-state index contributed by atoms with van der Waals surface area (Å²) in [6.45, 7) is 0. The third-order valence-electron chi connectivity index (χ3n) is 1.92. The number of benzene rings is 1. The molecule has 2 N–H and O–H groups in total. The van der Waals surface area contributed by atoms with E-state index in [-0.39, 0.29) is 17.4 Å². The van der Waals surface area contributed by atoms with E-state index in [0.29, 0.717) is 5.69 Å². The number of aromatic nitrogens is 2. The van der Waals surface area contributed by atoms with E-state index in [1.54, 1.807) is 12.1 Å². The summed E-state index contributed by atoms with van der Waals surface area (Å²) in [4.78, 5) is 19.2. The SMILES string of the molecule is O=C(Nc1cccc(O)c1)c1ccncn1. The van der Waals surface area contributed by atoms with Crippen molar-refractivity contribution in [3.63, 3.8) is 0 Å². The minimum absolute atomic E-state index is 0.0977. The fraction of sp³-hybridized carbons (Fsp3) is 0. The highest BCUT2D eigenvalue weighted by atomic mass is 16.3. The second-order valence-corrected chi connectivity index (χ2v) is 3.10. The Labute approximate surface area is 91.8 Å². The molecule has 0 fully saturated rings. The lowest BCUT2D eigenvalue weighted by Gasteiger charge is -2.04. The molecular formula is C11H9N3O2. The van der Waals surface area contributed by atoms with Gasteiger partial charge in [-0.15, -0.1) is 0 Å². The Bertz CT molecular complexity index is 500. The Kier molecular flexibility index (Phi) is 2.77. The zero-order valence-corrected chi connectivity index (χ0v) is 8.29. The smallest absolute Gasteiger partial charge is 0.274 e. The van der Waals surface area contributed by atoms with Gasteiger partial charge < -0.3 is 10.4 Å². The number of carbonyl (C=O) groups is 1. The van der Waals surface area contributed by atoms with Gasteiger partial charge in [0.05, 0.1) is 0 Å². The normalized spacial score (nSPS) is 9.75. The number of phenols is 1. The molecule has 16 heavy (non-hydrogen) atoms. The molecule has 1 amide bonds. The van der Waals surface area contributed by atoms with Gasteiger partial charge in [-0.3, -0.25) is 4.79 Å². The summed E-state index contributed by atoms with van der Waals surface area (Å²) >= 11 is 0. The average Bonchev–Trinajstić information content (AvgIpc) is 2.30. The van der Waals surface area contributed by atoms with Crippen LogP contribution >= 0.6 is 0 Å². The molecule has 5 heteroatoms. The van der Waals surface area contributed by atoms with Crippen LogP contribution in [0.15, 0.2) is 42.9 Å². The maximum atomic E-state index is 11.6. The van der Waals surface area contributed by atoms with Crippen molar-refractivity contribution in [3.8, 4) is 5.75 Å². The molecule has 0 unspecified atom stereocenters. The minimum Gasteiger partial charge on any atom is -0.508 e. The van der Waals surface area contributed by atoms with Crippen molar-refractivity contribution in [1.29, 1.82) is 0 Å². The fourth-order valence-corrected chi connectivity index (χ4v) is 1.20. The first-order valence-corrected chi connectivity index (χ1v) is 4.62. The van der Waals surface area contributed by atoms with E-state index in [2.05, 4.69) is 15.3 Å². The van der Waals surface area contributed by atoms with E-state index < -0.39 is 0 Å². The molecule has 5 nitrogen and oxygen atoms in total. The van der Waals surface area contributed by atoms with Gasteiger partial charge >= 0.3 is 0 Å². The molecule has 1 aromatic carbocycles. The number of anilines is 1. The van der Waals surface area contributed by atoms with Gasteiger partial charge in [-0.25, -0.2) is 9.97 Å². The van der Waals surface area contributed by atoms with Crippen LogP contribution in [-0.4, -0.2) is 21.0 Å². The maximum Gasteiger partial charge on any atom is 0.274 e. The van der Waals surface area contributed by atoms with Crippen LogP contribution in [0.3, 0.4) is 0 Å². The van der Waals surface area contributed by atoms with Gasteiger partial charge in [0, 0.05) is 18.0 Å². The van der Waals surface area contributed by atoms with Crippen molar-refractivity contribution in [1.82, 2.24) is 9.97 Å². The van der Waals surface area contributed by atoms with Crippen LogP contribution in [0.1, 0.15) is 10.5 Å². The van der Waals surface area contributed by atoms with E-state index in [1.807, 2.05) is 0 Å². The molecular weight excluding hydrogens is 206 g/mol. The van der Waals surface area contributed by atoms with Crippen LogP contribution in [0, 0.1) is 0 Å². The number of aromatic hydroxyl groups is 1. The van der Waals surface area contributed by atoms with Crippen LogP contribution in [0.4, 0.5) is 5.69 Å². The zero-order chi connectivity index (χ0) is 11.4. The molecule has 0 aliphatic carbocycles. The number of rotatable bonds is 2. The quantitative estimate of drug-likeness (QED) is 0.794. The predicted octanol–water partition coefficient (Wildman–Crippen LogP) is 1.43. The summed E-state index contributed by atoms with van der Waals surface area (Å²) in [5.41, 5.74) is 0.793. The zero-order valence-electron chi connectivity index (χ0n) is 8.29. The lowest BCUT2D eigenvalue weighted by molar-refractivity contribution is 0.102. The Morgan fingerprint density at radius 1 is 1.31 bits per heavy atom. The van der Waals surface area contributed by atoms with Gasteiger partial charge in [-0.1, -0.05) is 6.07 Å². The van der Waals surface area contributed by atoms with Crippen molar-refractivity contribution < 1.29 is 9.90 Å². The molecule has 1 heterocycles. The minimum atomic E-state index is -0.340. The van der Waals surface area contributed by atoms with Crippen molar-refractivity contribution in [2.24, 2.45) is 0 Å². The fourth-order valence-electron chi connectivity index (χ4n) is 1.20. The second kappa shape index (κ2) is 4.39. The summed E-state index contributed by atoms with van der Waals surface area (Å²) < 4.78 is 0. The predicted molar refractivity (Wildman–Crippen MR) is 58.1 cm³/mol. The number of carbonyl (C=O) groups excluding carboxylic acids is 1. The molecule has 2 rings (SSSR count). The molecule has 0 saturated carbocycles. The molecule has 1 aromatic heterocycles. The molecule has 0 saturated heterocycles. The van der Waals surface area contributed by atoms with E-state index in [9.17, 15) is 9.90 Å². The van der Waals surface area contributed by atoms with Crippen molar-refractivity contribution >= 4 is 11.6 Å². The van der Waals surface area contributed by atoms with Crippen molar-refractivity contribution in [2.75, 3.05) is 5.32 Å². The monoisotopic (exact) mass is 215 g/mol. The van der Waals surface area contributed by atoms with Gasteiger partial charge in [-0.2, -0.15) is 0 Å². The number of hydrogen-bond donors (Lipinski definition) is 2. The number of phenolic OH excluding ortho intramolecular Hbond substituents is 1. The second-order valence-electron chi connectivity index (χ2n) is 3.10. The first kappa shape index (κ1) is 10.1. The van der Waals surface area contributed by atoms with Gasteiger partial charge in [0.1, 0.15) is 17.8 Å². The molecule has 80 valence electrons. The molecule has 0 bridgehead atoms. The maximum absolute atomic E-state index is 11.6. The number of nitrogens with one attached hydrogen (secondary N) is 1. The Balaban J connectivity index is 2.14. The van der Waals surface area contributed by atoms with Crippen LogP contribution in [0.2, 0.25) is 0 Å². The topological polar surface area (TPSA) is 75.1 Å². The number of hydrogen-bond acceptors (Lipinski definition) is 4. The van der Waals surface area contributed by atoms with E-state index in [0.717, 1.165) is 0 Å². The largest absolute Gasteiger partial charge is 0.508 e. The van der Waals surface area contributed by atoms with Gasteiger partial charge in [-0.05, 0) is 18.2 Å². The van der Waals surface area contributed by atoms with Gasteiger partial charge in [0.2, 0.25) is 0 Å². The summed E-state index contributed by atoms with van der Waals surface area (Å²) in [5.74, 6) is -0.242. The molecule has 0 spiro atoms. The van der Waals surface area contributed by atoms with E-state index in [1.165, 1.54) is 30.7 Å². The lowest BCUT2D eigenvalue weighted by atomic mass is 10.3. The van der Waals surface area contributed by atoms with E-state index in [4.69, 9.17) is 0 Å². The highest BCUT2D eigenvalue weighted by Crippen LogP contribution is 2.15. The Morgan fingerprint density at radius 2 is 2.19 bits per heavy atom. The molecule has 0 radical (unpaired) electrons. The van der Waals surface area contributed by atoms with Gasteiger partial charge in [0.15, 0.2) is 0 Å². The first-order valence-electron chi connectivity index (χ1n) is 4.62. The lowest BCUT2D eigenvalue weighted by Crippen LogP contribution is -2.13. The standard InChI is InChI=1S/C11H9N3O2/c15-9-3-1-2-8(6-9)14-11(16)10-4-5-12-7-13-10/h1-7,15H,(H,14,16). The highest BCUT2D eigenvalue weighted by Gasteiger charge is 2.06. The van der Waals surface area contributed by atoms with Crippen LogP contribution in [0.25, 0.3) is 0 Å². The van der Waals surface area contributed by atoms with Crippen LogP contribution in [0.5, 0.6) is 5.75 Å². The number of nitrogens with zero attached hydrogens (tertiary/aromatic N) is 2. The molecule has 0 aliphatic rings. The molecule has 2 aromatic rings. The summed E-state index contributed by atoms with van der Waals surface area (Å²) in [7, 11) is 0.